The van der Waals surface area contributed by atoms with Gasteiger partial charge in [-0.3, -0.25) is 4.90 Å². The summed E-state index contributed by atoms with van der Waals surface area (Å²) in [4.78, 5) is 7.70. The zero-order valence-electron chi connectivity index (χ0n) is 11.0. The zero-order chi connectivity index (χ0) is 13.9. The Morgan fingerprint density at radius 3 is 2.90 bits per heavy atom. The van der Waals surface area contributed by atoms with Gasteiger partial charge in [-0.05, 0) is 17.7 Å². The average Bonchev–Trinajstić information content (AvgIpc) is 2.85. The van der Waals surface area contributed by atoms with Crippen molar-refractivity contribution in [1.29, 1.82) is 0 Å². The molecule has 6 heteroatoms. The van der Waals surface area contributed by atoms with Gasteiger partial charge in [-0.25, -0.2) is 4.98 Å². The lowest BCUT2D eigenvalue weighted by Gasteiger charge is -2.32. The minimum atomic E-state index is 0.141. The van der Waals surface area contributed by atoms with E-state index in [-0.39, 0.29) is 6.10 Å². The molecule has 2 heterocycles. The summed E-state index contributed by atoms with van der Waals surface area (Å²) in [5.41, 5.74) is 6.90. The van der Waals surface area contributed by atoms with Crippen LogP contribution in [0.3, 0.4) is 0 Å². The van der Waals surface area contributed by atoms with Crippen LogP contribution in [-0.2, 0) is 11.3 Å². The number of halogens is 1. The van der Waals surface area contributed by atoms with Gasteiger partial charge in [0.05, 0.1) is 12.7 Å². The quantitative estimate of drug-likeness (QED) is 0.921. The Morgan fingerprint density at radius 1 is 1.40 bits per heavy atom. The summed E-state index contributed by atoms with van der Waals surface area (Å²) in [6.07, 6.45) is 2.01. The van der Waals surface area contributed by atoms with Crippen LogP contribution in [0.25, 0.3) is 0 Å². The Balaban J connectivity index is 1.65. The second-order valence-electron chi connectivity index (χ2n) is 4.81. The molecular formula is C14H16BrN3OS. The molecule has 0 saturated carbocycles. The molecule has 4 nitrogen and oxygen atoms in total. The first kappa shape index (κ1) is 14.0. The third-order valence-corrected chi connectivity index (χ3v) is 4.68. The fourth-order valence-electron chi connectivity index (χ4n) is 2.34. The number of hydrogen-bond acceptors (Lipinski definition) is 5. The lowest BCUT2D eigenvalue weighted by molar-refractivity contribution is -0.0326. The van der Waals surface area contributed by atoms with E-state index in [9.17, 15) is 0 Å². The maximum absolute atomic E-state index is 5.88. The molecule has 20 heavy (non-hydrogen) atoms. The van der Waals surface area contributed by atoms with Gasteiger partial charge >= 0.3 is 0 Å². The van der Waals surface area contributed by atoms with E-state index in [2.05, 4.69) is 50.1 Å². The van der Waals surface area contributed by atoms with Crippen LogP contribution in [0, 0.1) is 0 Å². The lowest BCUT2D eigenvalue weighted by atomic mass is 10.1. The lowest BCUT2D eigenvalue weighted by Crippen LogP contribution is -2.37. The van der Waals surface area contributed by atoms with Crippen molar-refractivity contribution in [2.45, 2.75) is 12.6 Å². The molecule has 0 radical (unpaired) electrons. The Bertz CT molecular complexity index is 572. The number of ether oxygens (including phenoxy) is 1. The molecule has 2 aromatic rings. The van der Waals surface area contributed by atoms with E-state index in [1.807, 2.05) is 6.20 Å². The van der Waals surface area contributed by atoms with Gasteiger partial charge in [-0.15, -0.1) is 11.3 Å². The van der Waals surface area contributed by atoms with Gasteiger partial charge in [-0.2, -0.15) is 0 Å². The summed E-state index contributed by atoms with van der Waals surface area (Å²) in [6.45, 7) is 3.50. The molecule has 2 N–H and O–H groups in total. The van der Waals surface area contributed by atoms with Crippen molar-refractivity contribution in [3.05, 3.63) is 45.4 Å². The zero-order valence-corrected chi connectivity index (χ0v) is 13.4. The minimum Gasteiger partial charge on any atom is -0.375 e. The molecular weight excluding hydrogens is 338 g/mol. The predicted molar refractivity (Wildman–Crippen MR) is 84.6 cm³/mol. The van der Waals surface area contributed by atoms with Gasteiger partial charge in [0, 0.05) is 35.2 Å². The van der Waals surface area contributed by atoms with E-state index in [4.69, 9.17) is 10.5 Å². The van der Waals surface area contributed by atoms with Crippen molar-refractivity contribution in [3.63, 3.8) is 0 Å². The number of morpholine rings is 1. The van der Waals surface area contributed by atoms with Gasteiger partial charge < -0.3 is 10.5 Å². The third-order valence-electron chi connectivity index (χ3n) is 3.34. The van der Waals surface area contributed by atoms with E-state index < -0.39 is 0 Å². The molecule has 3 rings (SSSR count). The third kappa shape index (κ3) is 3.38. The highest BCUT2D eigenvalue weighted by atomic mass is 79.9. The summed E-state index contributed by atoms with van der Waals surface area (Å²) in [5.74, 6) is 0. The number of hydrogen-bond donors (Lipinski definition) is 1. The highest BCUT2D eigenvalue weighted by molar-refractivity contribution is 9.10. The Morgan fingerprint density at radius 2 is 2.20 bits per heavy atom. The topological polar surface area (TPSA) is 51.4 Å². The summed E-state index contributed by atoms with van der Waals surface area (Å²) >= 11 is 5.02. The van der Waals surface area contributed by atoms with Crippen molar-refractivity contribution in [3.8, 4) is 0 Å². The van der Waals surface area contributed by atoms with Gasteiger partial charge in [0.2, 0.25) is 0 Å². The summed E-state index contributed by atoms with van der Waals surface area (Å²) < 4.78 is 6.97. The number of rotatable bonds is 3. The number of nitrogens with zero attached hydrogens (tertiary/aromatic N) is 2. The van der Waals surface area contributed by atoms with Gasteiger partial charge in [0.1, 0.15) is 0 Å². The Kier molecular flexibility index (Phi) is 4.35. The smallest absolute Gasteiger partial charge is 0.180 e. The van der Waals surface area contributed by atoms with Gasteiger partial charge in [0.15, 0.2) is 5.13 Å². The predicted octanol–water partition coefficient (Wildman–Crippen LogP) is 3.06. The SMILES string of the molecule is Nc1ncc(CN2CCOC(c3ccc(Br)cc3)C2)s1. The van der Waals surface area contributed by atoms with Crippen molar-refractivity contribution in [2.75, 3.05) is 25.4 Å². The van der Waals surface area contributed by atoms with E-state index in [1.54, 1.807) is 11.3 Å². The fraction of sp³-hybridized carbons (Fsp3) is 0.357. The maximum Gasteiger partial charge on any atom is 0.180 e. The summed E-state index contributed by atoms with van der Waals surface area (Å²) in [6, 6.07) is 8.34. The molecule has 1 fully saturated rings. The molecule has 1 aliphatic heterocycles. The van der Waals surface area contributed by atoms with Gasteiger partial charge in [-0.1, -0.05) is 28.1 Å². The largest absolute Gasteiger partial charge is 0.375 e. The minimum absolute atomic E-state index is 0.141. The first-order valence-corrected chi connectivity index (χ1v) is 8.11. The molecule has 1 unspecified atom stereocenters. The van der Waals surface area contributed by atoms with Gasteiger partial charge in [0.25, 0.3) is 0 Å². The van der Waals surface area contributed by atoms with Crippen LogP contribution in [0.15, 0.2) is 34.9 Å². The average molecular weight is 354 g/mol. The number of anilines is 1. The summed E-state index contributed by atoms with van der Waals surface area (Å²) in [7, 11) is 0. The van der Waals surface area contributed by atoms with Crippen molar-refractivity contribution in [1.82, 2.24) is 9.88 Å². The first-order valence-electron chi connectivity index (χ1n) is 6.50. The van der Waals surface area contributed by atoms with E-state index in [0.717, 1.165) is 30.7 Å². The second kappa shape index (κ2) is 6.22. The molecule has 0 bridgehead atoms. The van der Waals surface area contributed by atoms with Crippen LogP contribution < -0.4 is 5.73 Å². The fourth-order valence-corrected chi connectivity index (χ4v) is 3.33. The number of thiazole rings is 1. The molecule has 1 atom stereocenters. The van der Waals surface area contributed by atoms with Crippen LogP contribution in [0.1, 0.15) is 16.5 Å². The second-order valence-corrected chi connectivity index (χ2v) is 6.87. The number of aromatic nitrogens is 1. The Hall–Kier alpha value is -0.950. The molecule has 0 aliphatic carbocycles. The van der Waals surface area contributed by atoms with Crippen LogP contribution in [0.4, 0.5) is 5.13 Å². The van der Waals surface area contributed by atoms with E-state index in [0.29, 0.717) is 5.13 Å². The van der Waals surface area contributed by atoms with Crippen LogP contribution in [0.2, 0.25) is 0 Å². The van der Waals surface area contributed by atoms with Crippen molar-refractivity contribution >= 4 is 32.4 Å². The Labute approximate surface area is 130 Å². The molecule has 0 amide bonds. The standard InChI is InChI=1S/C14H16BrN3OS/c15-11-3-1-10(2-4-11)13-9-18(5-6-19-13)8-12-7-17-14(16)20-12/h1-4,7,13H,5-6,8-9H2,(H2,16,17). The molecule has 1 aromatic heterocycles. The van der Waals surface area contributed by atoms with Crippen LogP contribution in [0.5, 0.6) is 0 Å². The molecule has 106 valence electrons. The monoisotopic (exact) mass is 353 g/mol. The molecule has 1 aromatic carbocycles. The molecule has 0 spiro atoms. The highest BCUT2D eigenvalue weighted by Crippen LogP contribution is 2.25. The number of nitrogen functional groups attached to an aromatic ring is 1. The van der Waals surface area contributed by atoms with E-state index in [1.165, 1.54) is 10.4 Å². The highest BCUT2D eigenvalue weighted by Gasteiger charge is 2.22. The van der Waals surface area contributed by atoms with Crippen molar-refractivity contribution < 1.29 is 4.74 Å². The first-order chi connectivity index (χ1) is 9.70. The van der Waals surface area contributed by atoms with Crippen LogP contribution >= 0.6 is 27.3 Å². The number of benzene rings is 1. The van der Waals surface area contributed by atoms with Crippen molar-refractivity contribution in [2.24, 2.45) is 0 Å². The normalized spacial score (nSPS) is 20.1. The maximum atomic E-state index is 5.88. The number of nitrogens with two attached hydrogens (primary N) is 1. The molecule has 1 aliphatic rings. The van der Waals surface area contributed by atoms with Crippen LogP contribution in [-0.4, -0.2) is 29.6 Å². The van der Waals surface area contributed by atoms with E-state index >= 15 is 0 Å². The summed E-state index contributed by atoms with van der Waals surface area (Å²) in [5, 5.41) is 0.637. The molecule has 1 saturated heterocycles.